The Labute approximate surface area is 107 Å². The number of aromatic nitrogens is 1. The predicted molar refractivity (Wildman–Crippen MR) is 72.5 cm³/mol. The van der Waals surface area contributed by atoms with Crippen molar-refractivity contribution in [2.75, 3.05) is 13.6 Å². The molecule has 1 aromatic heterocycles. The Bertz CT molecular complexity index is 331. The quantitative estimate of drug-likeness (QED) is 0.918. The second-order valence-electron chi connectivity index (χ2n) is 5.34. The molecule has 0 saturated heterocycles. The molecule has 0 aliphatic carbocycles. The maximum Gasteiger partial charge on any atom is 0.0410 e. The Morgan fingerprint density at radius 2 is 2.06 bits per heavy atom. The van der Waals surface area contributed by atoms with E-state index in [-0.39, 0.29) is 0 Å². The first kappa shape index (κ1) is 13.7. The second kappa shape index (κ2) is 5.78. The van der Waals surface area contributed by atoms with E-state index in [1.165, 1.54) is 5.56 Å². The van der Waals surface area contributed by atoms with Crippen molar-refractivity contribution >= 4 is 15.9 Å². The lowest BCUT2D eigenvalue weighted by Crippen LogP contribution is -2.31. The molecule has 0 amide bonds. The highest BCUT2D eigenvalue weighted by Crippen LogP contribution is 2.28. The van der Waals surface area contributed by atoms with Gasteiger partial charge < -0.3 is 5.32 Å². The van der Waals surface area contributed by atoms with E-state index in [2.05, 4.69) is 53.1 Å². The molecular weight excluding hydrogens is 264 g/mol. The SMILES string of the molecule is CNCC(Cc1cncc(Br)c1)C(C)(C)C. The Morgan fingerprint density at radius 3 is 2.56 bits per heavy atom. The Kier molecular flexibility index (Phi) is 4.93. The van der Waals surface area contributed by atoms with Crippen LogP contribution in [0.15, 0.2) is 22.9 Å². The molecule has 2 nitrogen and oxygen atoms in total. The summed E-state index contributed by atoms with van der Waals surface area (Å²) in [5.74, 6) is 0.619. The predicted octanol–water partition coefficient (Wildman–Crippen LogP) is 3.27. The van der Waals surface area contributed by atoms with Crippen LogP contribution in [-0.2, 0) is 6.42 Å². The molecule has 0 aliphatic heterocycles. The molecule has 1 atom stereocenters. The number of rotatable bonds is 4. The molecular formula is C13H21BrN2. The van der Waals surface area contributed by atoms with Gasteiger partial charge in [-0.1, -0.05) is 20.8 Å². The fourth-order valence-corrected chi connectivity index (χ4v) is 2.20. The van der Waals surface area contributed by atoms with Gasteiger partial charge in [0.05, 0.1) is 0 Å². The molecule has 1 unspecified atom stereocenters. The molecule has 0 aliphatic rings. The fraction of sp³-hybridized carbons (Fsp3) is 0.615. The average molecular weight is 285 g/mol. The number of nitrogens with one attached hydrogen (secondary N) is 1. The minimum Gasteiger partial charge on any atom is -0.319 e. The molecule has 1 aromatic rings. The van der Waals surface area contributed by atoms with Gasteiger partial charge in [0.25, 0.3) is 0 Å². The van der Waals surface area contributed by atoms with Crippen molar-refractivity contribution < 1.29 is 0 Å². The van der Waals surface area contributed by atoms with Crippen LogP contribution >= 0.6 is 15.9 Å². The number of pyridine rings is 1. The molecule has 0 bridgehead atoms. The maximum absolute atomic E-state index is 4.21. The summed E-state index contributed by atoms with van der Waals surface area (Å²) in [4.78, 5) is 4.21. The van der Waals surface area contributed by atoms with Crippen molar-refractivity contribution in [3.05, 3.63) is 28.5 Å². The lowest BCUT2D eigenvalue weighted by Gasteiger charge is -2.30. The molecule has 0 spiro atoms. The zero-order valence-corrected chi connectivity index (χ0v) is 12.1. The van der Waals surface area contributed by atoms with E-state index in [1.807, 2.05) is 19.4 Å². The summed E-state index contributed by atoms with van der Waals surface area (Å²) in [6, 6.07) is 2.15. The van der Waals surface area contributed by atoms with Crippen molar-refractivity contribution in [2.24, 2.45) is 11.3 Å². The number of nitrogens with zero attached hydrogens (tertiary/aromatic N) is 1. The number of hydrogen-bond donors (Lipinski definition) is 1. The summed E-state index contributed by atoms with van der Waals surface area (Å²) in [5, 5.41) is 3.28. The Balaban J connectivity index is 2.76. The minimum atomic E-state index is 0.311. The van der Waals surface area contributed by atoms with Crippen LogP contribution < -0.4 is 5.32 Å². The first-order chi connectivity index (χ1) is 7.43. The van der Waals surface area contributed by atoms with E-state index in [0.29, 0.717) is 11.3 Å². The zero-order chi connectivity index (χ0) is 12.2. The summed E-state index contributed by atoms with van der Waals surface area (Å²) in [6.45, 7) is 7.91. The van der Waals surface area contributed by atoms with Gasteiger partial charge in [0.1, 0.15) is 0 Å². The summed E-state index contributed by atoms with van der Waals surface area (Å²) < 4.78 is 1.06. The summed E-state index contributed by atoms with van der Waals surface area (Å²) >= 11 is 3.46. The van der Waals surface area contributed by atoms with Gasteiger partial charge in [-0.15, -0.1) is 0 Å². The van der Waals surface area contributed by atoms with Gasteiger partial charge in [0, 0.05) is 16.9 Å². The molecule has 90 valence electrons. The average Bonchev–Trinajstić information content (AvgIpc) is 2.16. The van der Waals surface area contributed by atoms with Crippen LogP contribution in [0.3, 0.4) is 0 Å². The molecule has 0 saturated carbocycles. The number of halogens is 1. The normalized spacial score (nSPS) is 13.8. The molecule has 3 heteroatoms. The van der Waals surface area contributed by atoms with Crippen LogP contribution in [0.25, 0.3) is 0 Å². The Hall–Kier alpha value is -0.410. The third kappa shape index (κ3) is 4.22. The van der Waals surface area contributed by atoms with Gasteiger partial charge in [0.2, 0.25) is 0 Å². The van der Waals surface area contributed by atoms with Gasteiger partial charge >= 0.3 is 0 Å². The summed E-state index contributed by atoms with van der Waals surface area (Å²) in [6.07, 6.45) is 4.85. The van der Waals surface area contributed by atoms with Crippen molar-refractivity contribution in [1.82, 2.24) is 10.3 Å². The molecule has 1 N–H and O–H groups in total. The lowest BCUT2D eigenvalue weighted by molar-refractivity contribution is 0.234. The smallest absolute Gasteiger partial charge is 0.0410 e. The molecule has 1 rings (SSSR count). The van der Waals surface area contributed by atoms with Crippen molar-refractivity contribution in [1.29, 1.82) is 0 Å². The van der Waals surface area contributed by atoms with Crippen LogP contribution in [0, 0.1) is 11.3 Å². The second-order valence-corrected chi connectivity index (χ2v) is 6.25. The van der Waals surface area contributed by atoms with Crippen molar-refractivity contribution in [3.63, 3.8) is 0 Å². The lowest BCUT2D eigenvalue weighted by atomic mass is 9.77. The molecule has 16 heavy (non-hydrogen) atoms. The van der Waals surface area contributed by atoms with Crippen molar-refractivity contribution in [2.45, 2.75) is 27.2 Å². The molecule has 0 aromatic carbocycles. The zero-order valence-electron chi connectivity index (χ0n) is 10.5. The maximum atomic E-state index is 4.21. The van der Waals surface area contributed by atoms with E-state index < -0.39 is 0 Å². The fourth-order valence-electron chi connectivity index (χ4n) is 1.78. The van der Waals surface area contributed by atoms with E-state index in [0.717, 1.165) is 17.4 Å². The van der Waals surface area contributed by atoms with Gasteiger partial charge in [-0.05, 0) is 58.9 Å². The van der Waals surface area contributed by atoms with E-state index in [4.69, 9.17) is 0 Å². The van der Waals surface area contributed by atoms with Crippen molar-refractivity contribution in [3.8, 4) is 0 Å². The third-order valence-electron chi connectivity index (χ3n) is 2.92. The van der Waals surface area contributed by atoms with Crippen LogP contribution in [-0.4, -0.2) is 18.6 Å². The van der Waals surface area contributed by atoms with Crippen LogP contribution in [0.2, 0.25) is 0 Å². The van der Waals surface area contributed by atoms with Gasteiger partial charge in [0.15, 0.2) is 0 Å². The summed E-state index contributed by atoms with van der Waals surface area (Å²) in [7, 11) is 2.01. The highest BCUT2D eigenvalue weighted by molar-refractivity contribution is 9.10. The molecule has 0 fully saturated rings. The van der Waals surface area contributed by atoms with E-state index >= 15 is 0 Å². The Morgan fingerprint density at radius 1 is 1.38 bits per heavy atom. The van der Waals surface area contributed by atoms with Crippen LogP contribution in [0.1, 0.15) is 26.3 Å². The van der Waals surface area contributed by atoms with Crippen LogP contribution in [0.5, 0.6) is 0 Å². The first-order valence-corrected chi connectivity index (χ1v) is 6.47. The van der Waals surface area contributed by atoms with Gasteiger partial charge in [-0.25, -0.2) is 0 Å². The highest BCUT2D eigenvalue weighted by Gasteiger charge is 2.24. The standard InChI is InChI=1S/C13H21BrN2/c1-13(2,3)11(8-15-4)5-10-6-12(14)9-16-7-10/h6-7,9,11,15H,5,8H2,1-4H3. The molecule has 1 heterocycles. The van der Waals surface area contributed by atoms with Gasteiger partial charge in [-0.2, -0.15) is 0 Å². The monoisotopic (exact) mass is 284 g/mol. The summed E-state index contributed by atoms with van der Waals surface area (Å²) in [5.41, 5.74) is 1.61. The van der Waals surface area contributed by atoms with E-state index in [1.54, 1.807) is 0 Å². The highest BCUT2D eigenvalue weighted by atomic mass is 79.9. The van der Waals surface area contributed by atoms with Crippen LogP contribution in [0.4, 0.5) is 0 Å². The topological polar surface area (TPSA) is 24.9 Å². The minimum absolute atomic E-state index is 0.311. The third-order valence-corrected chi connectivity index (χ3v) is 3.35. The van der Waals surface area contributed by atoms with Gasteiger partial charge in [-0.3, -0.25) is 4.98 Å². The number of hydrogen-bond acceptors (Lipinski definition) is 2. The molecule has 0 radical (unpaired) electrons. The first-order valence-electron chi connectivity index (χ1n) is 5.67. The largest absolute Gasteiger partial charge is 0.319 e. The van der Waals surface area contributed by atoms with E-state index in [9.17, 15) is 0 Å².